The quantitative estimate of drug-likeness (QED) is 0.799. The van der Waals surface area contributed by atoms with Crippen LogP contribution in [0.25, 0.3) is 0 Å². The minimum atomic E-state index is -1.09. The Kier molecular flexibility index (Phi) is 3.14. The molecule has 0 bridgehead atoms. The van der Waals surface area contributed by atoms with E-state index in [-0.39, 0.29) is 23.3 Å². The second kappa shape index (κ2) is 4.16. The zero-order valence-electron chi connectivity index (χ0n) is 8.37. The first kappa shape index (κ1) is 11.3. The molecule has 0 aliphatic heterocycles. The third-order valence-corrected chi connectivity index (χ3v) is 2.01. The average Bonchev–Trinajstić information content (AvgIpc) is 2.14. The molecule has 0 spiro atoms. The smallest absolute Gasteiger partial charge is 0.307 e. The average molecular weight is 214 g/mol. The summed E-state index contributed by atoms with van der Waals surface area (Å²) in [6, 6.07) is 1.39. The van der Waals surface area contributed by atoms with Crippen LogP contribution in [0.1, 0.15) is 11.1 Å². The van der Waals surface area contributed by atoms with Gasteiger partial charge in [0.25, 0.3) is 0 Å². The van der Waals surface area contributed by atoms with Crippen LogP contribution in [0.2, 0.25) is 0 Å². The van der Waals surface area contributed by atoms with Gasteiger partial charge in [0, 0.05) is 5.56 Å². The Labute approximate surface area is 85.9 Å². The van der Waals surface area contributed by atoms with E-state index in [9.17, 15) is 14.3 Å². The van der Waals surface area contributed by atoms with Gasteiger partial charge in [-0.3, -0.25) is 4.79 Å². The maximum Gasteiger partial charge on any atom is 0.307 e. The molecule has 1 aromatic carbocycles. The molecule has 0 heterocycles. The van der Waals surface area contributed by atoms with Gasteiger partial charge in [-0.05, 0) is 18.6 Å². The van der Waals surface area contributed by atoms with Crippen LogP contribution in [0.3, 0.4) is 0 Å². The molecule has 0 amide bonds. The molecule has 0 saturated heterocycles. The minimum absolute atomic E-state index is 0.206. The fraction of sp³-hybridized carbons (Fsp3) is 0.300. The minimum Gasteiger partial charge on any atom is -0.505 e. The van der Waals surface area contributed by atoms with Gasteiger partial charge in [-0.25, -0.2) is 0 Å². The molecule has 0 aliphatic carbocycles. The molecule has 2 N–H and O–H groups in total. The monoisotopic (exact) mass is 214 g/mol. The van der Waals surface area contributed by atoms with Gasteiger partial charge in [0.1, 0.15) is 0 Å². The van der Waals surface area contributed by atoms with E-state index >= 15 is 0 Å². The normalized spacial score (nSPS) is 10.1. The van der Waals surface area contributed by atoms with E-state index in [1.165, 1.54) is 20.1 Å². The lowest BCUT2D eigenvalue weighted by atomic mass is 10.1. The summed E-state index contributed by atoms with van der Waals surface area (Å²) in [4.78, 5) is 10.5. The van der Waals surface area contributed by atoms with E-state index in [0.717, 1.165) is 0 Å². The summed E-state index contributed by atoms with van der Waals surface area (Å²) in [7, 11) is 1.22. The van der Waals surface area contributed by atoms with Crippen molar-refractivity contribution in [2.75, 3.05) is 7.11 Å². The summed E-state index contributed by atoms with van der Waals surface area (Å²) < 4.78 is 18.1. The summed E-state index contributed by atoms with van der Waals surface area (Å²) in [5, 5.41) is 17.9. The molecule has 82 valence electrons. The van der Waals surface area contributed by atoms with Crippen molar-refractivity contribution in [2.24, 2.45) is 0 Å². The van der Waals surface area contributed by atoms with E-state index in [2.05, 4.69) is 0 Å². The van der Waals surface area contributed by atoms with Gasteiger partial charge < -0.3 is 14.9 Å². The van der Waals surface area contributed by atoms with E-state index in [1.807, 2.05) is 0 Å². The van der Waals surface area contributed by atoms with Gasteiger partial charge in [-0.2, -0.15) is 4.39 Å². The lowest BCUT2D eigenvalue weighted by Gasteiger charge is -2.10. The molecule has 0 radical (unpaired) electrons. The summed E-state index contributed by atoms with van der Waals surface area (Å²) in [5.41, 5.74) is 0.488. The Bertz CT molecular complexity index is 401. The Morgan fingerprint density at radius 2 is 2.20 bits per heavy atom. The van der Waals surface area contributed by atoms with E-state index in [1.54, 1.807) is 0 Å². The Balaban J connectivity index is 3.31. The van der Waals surface area contributed by atoms with Crippen molar-refractivity contribution in [3.63, 3.8) is 0 Å². The van der Waals surface area contributed by atoms with Crippen molar-refractivity contribution in [1.29, 1.82) is 0 Å². The van der Waals surface area contributed by atoms with Crippen molar-refractivity contribution in [3.8, 4) is 11.5 Å². The number of ether oxygens (including phenoxy) is 1. The van der Waals surface area contributed by atoms with Gasteiger partial charge in [-0.1, -0.05) is 0 Å². The molecule has 0 aliphatic rings. The summed E-state index contributed by atoms with van der Waals surface area (Å²) >= 11 is 0. The molecule has 0 aromatic heterocycles. The van der Waals surface area contributed by atoms with Gasteiger partial charge >= 0.3 is 5.97 Å². The topological polar surface area (TPSA) is 66.8 Å². The molecule has 0 saturated carbocycles. The number of rotatable bonds is 3. The fourth-order valence-electron chi connectivity index (χ4n) is 1.33. The predicted octanol–water partition coefficient (Wildman–Crippen LogP) is 1.48. The standard InChI is InChI=1S/C10H11FO4/c1-5-3-6(4-7(12)13)10(15-2)8(11)9(5)14/h3,14H,4H2,1-2H3,(H,12,13). The number of carboxylic acids is 1. The highest BCUT2D eigenvalue weighted by atomic mass is 19.1. The van der Waals surface area contributed by atoms with Crippen molar-refractivity contribution in [1.82, 2.24) is 0 Å². The van der Waals surface area contributed by atoms with Crippen molar-refractivity contribution < 1.29 is 24.1 Å². The second-order valence-electron chi connectivity index (χ2n) is 3.12. The second-order valence-corrected chi connectivity index (χ2v) is 3.12. The number of carbonyl (C=O) groups is 1. The summed E-state index contributed by atoms with van der Waals surface area (Å²) in [5.74, 6) is -2.74. The molecular weight excluding hydrogens is 203 g/mol. The first-order valence-corrected chi connectivity index (χ1v) is 4.24. The number of carboxylic acid groups (broad SMARTS) is 1. The van der Waals surface area contributed by atoms with Gasteiger partial charge in [0.2, 0.25) is 5.82 Å². The highest BCUT2D eigenvalue weighted by molar-refractivity contribution is 5.72. The fourth-order valence-corrected chi connectivity index (χ4v) is 1.33. The molecule has 0 fully saturated rings. The van der Waals surface area contributed by atoms with Crippen LogP contribution in [0.15, 0.2) is 6.07 Å². The van der Waals surface area contributed by atoms with Crippen LogP contribution in [-0.4, -0.2) is 23.3 Å². The van der Waals surface area contributed by atoms with E-state index < -0.39 is 17.5 Å². The number of aryl methyl sites for hydroxylation is 1. The van der Waals surface area contributed by atoms with Crippen molar-refractivity contribution >= 4 is 5.97 Å². The maximum absolute atomic E-state index is 13.4. The number of phenols is 1. The number of methoxy groups -OCH3 is 1. The number of phenolic OH excluding ortho intramolecular Hbond substituents is 1. The maximum atomic E-state index is 13.4. The van der Waals surface area contributed by atoms with Crippen LogP contribution in [0.5, 0.6) is 11.5 Å². The number of aromatic hydroxyl groups is 1. The number of halogens is 1. The molecular formula is C10H11FO4. The SMILES string of the molecule is COc1c(CC(=O)O)cc(C)c(O)c1F. The zero-order valence-corrected chi connectivity index (χ0v) is 8.37. The highest BCUT2D eigenvalue weighted by Gasteiger charge is 2.18. The van der Waals surface area contributed by atoms with E-state index in [4.69, 9.17) is 9.84 Å². The lowest BCUT2D eigenvalue weighted by molar-refractivity contribution is -0.136. The number of aliphatic carboxylic acids is 1. The first-order chi connectivity index (χ1) is 6.97. The van der Waals surface area contributed by atoms with Crippen LogP contribution < -0.4 is 4.74 Å². The molecule has 5 heteroatoms. The van der Waals surface area contributed by atoms with Crippen LogP contribution in [-0.2, 0) is 11.2 Å². The number of hydrogen-bond donors (Lipinski definition) is 2. The van der Waals surface area contributed by atoms with Gasteiger partial charge in [0.05, 0.1) is 13.5 Å². The third-order valence-electron chi connectivity index (χ3n) is 2.01. The third kappa shape index (κ3) is 2.18. The van der Waals surface area contributed by atoms with Crippen molar-refractivity contribution in [3.05, 3.63) is 23.0 Å². The van der Waals surface area contributed by atoms with Crippen molar-refractivity contribution in [2.45, 2.75) is 13.3 Å². The summed E-state index contributed by atoms with van der Waals surface area (Å²) in [6.45, 7) is 1.49. The predicted molar refractivity (Wildman–Crippen MR) is 50.7 cm³/mol. The zero-order chi connectivity index (χ0) is 11.6. The van der Waals surface area contributed by atoms with Crippen LogP contribution in [0.4, 0.5) is 4.39 Å². The van der Waals surface area contributed by atoms with Crippen LogP contribution >= 0.6 is 0 Å². The van der Waals surface area contributed by atoms with Gasteiger partial charge in [0.15, 0.2) is 11.5 Å². The number of benzene rings is 1. The molecule has 1 rings (SSSR count). The first-order valence-electron chi connectivity index (χ1n) is 4.24. The summed E-state index contributed by atoms with van der Waals surface area (Å²) in [6.07, 6.45) is -0.346. The Morgan fingerprint density at radius 1 is 1.60 bits per heavy atom. The molecule has 1 aromatic rings. The lowest BCUT2D eigenvalue weighted by Crippen LogP contribution is -2.04. The van der Waals surface area contributed by atoms with E-state index in [0.29, 0.717) is 0 Å². The Hall–Kier alpha value is -1.78. The molecule has 15 heavy (non-hydrogen) atoms. The van der Waals surface area contributed by atoms with Crippen LogP contribution in [0, 0.1) is 12.7 Å². The highest BCUT2D eigenvalue weighted by Crippen LogP contribution is 2.33. The van der Waals surface area contributed by atoms with Gasteiger partial charge in [-0.15, -0.1) is 0 Å². The molecule has 0 unspecified atom stereocenters. The molecule has 0 atom stereocenters. The largest absolute Gasteiger partial charge is 0.505 e. The molecule has 4 nitrogen and oxygen atoms in total. The number of hydrogen-bond acceptors (Lipinski definition) is 3. The Morgan fingerprint density at radius 3 is 2.67 bits per heavy atom.